The van der Waals surface area contributed by atoms with E-state index in [-0.39, 0.29) is 30.3 Å². The number of hydrogen-bond acceptors (Lipinski definition) is 5. The Hall–Kier alpha value is -1.99. The van der Waals surface area contributed by atoms with Crippen molar-refractivity contribution in [2.75, 3.05) is 5.32 Å². The molecule has 1 aromatic carbocycles. The van der Waals surface area contributed by atoms with Gasteiger partial charge in [0.2, 0.25) is 5.91 Å². The zero-order valence-corrected chi connectivity index (χ0v) is 13.8. The van der Waals surface area contributed by atoms with E-state index in [0.29, 0.717) is 12.4 Å². The van der Waals surface area contributed by atoms with Crippen LogP contribution in [0, 0.1) is 5.92 Å². The van der Waals surface area contributed by atoms with Crippen LogP contribution in [0.3, 0.4) is 0 Å². The van der Waals surface area contributed by atoms with Crippen LogP contribution in [0.15, 0.2) is 24.3 Å². The number of anilines is 1. The second-order valence-corrected chi connectivity index (χ2v) is 5.66. The zero-order valence-electron chi connectivity index (χ0n) is 13.0. The van der Waals surface area contributed by atoms with Crippen molar-refractivity contribution < 1.29 is 4.79 Å². The number of tetrazole rings is 1. The molecule has 1 fully saturated rings. The first kappa shape index (κ1) is 17.4. The number of benzene rings is 1. The molecular formula is C15H21ClN6O. The molecule has 7 nitrogen and oxygen atoms in total. The molecule has 3 rings (SSSR count). The fourth-order valence-corrected chi connectivity index (χ4v) is 2.86. The van der Waals surface area contributed by atoms with Gasteiger partial charge < -0.3 is 11.1 Å². The lowest BCUT2D eigenvalue weighted by Crippen LogP contribution is -2.23. The van der Waals surface area contributed by atoms with Gasteiger partial charge in [-0.05, 0) is 48.7 Å². The molecule has 2 atom stereocenters. The van der Waals surface area contributed by atoms with Gasteiger partial charge in [0.1, 0.15) is 0 Å². The molecule has 8 heteroatoms. The lowest BCUT2D eigenvalue weighted by molar-refractivity contribution is -0.119. The van der Waals surface area contributed by atoms with Crippen molar-refractivity contribution in [1.82, 2.24) is 20.2 Å². The van der Waals surface area contributed by atoms with E-state index in [0.717, 1.165) is 30.5 Å². The summed E-state index contributed by atoms with van der Waals surface area (Å²) in [7, 11) is 0. The number of aromatic nitrogens is 4. The van der Waals surface area contributed by atoms with Crippen LogP contribution >= 0.6 is 12.4 Å². The average Bonchev–Trinajstić information content (AvgIpc) is 3.15. The Labute approximate surface area is 141 Å². The maximum absolute atomic E-state index is 12.3. The van der Waals surface area contributed by atoms with E-state index < -0.39 is 0 Å². The van der Waals surface area contributed by atoms with E-state index in [2.05, 4.69) is 20.8 Å². The summed E-state index contributed by atoms with van der Waals surface area (Å²) in [6.07, 6.45) is 2.55. The van der Waals surface area contributed by atoms with Crippen molar-refractivity contribution in [2.45, 2.75) is 38.8 Å². The number of amides is 1. The lowest BCUT2D eigenvalue weighted by atomic mass is 10.1. The summed E-state index contributed by atoms with van der Waals surface area (Å²) in [5, 5.41) is 14.6. The molecule has 0 aliphatic heterocycles. The van der Waals surface area contributed by atoms with Crippen LogP contribution < -0.4 is 11.1 Å². The molecule has 124 valence electrons. The van der Waals surface area contributed by atoms with Gasteiger partial charge in [0.05, 0.1) is 0 Å². The van der Waals surface area contributed by atoms with Crippen molar-refractivity contribution in [1.29, 1.82) is 0 Å². The molecule has 2 unspecified atom stereocenters. The molecule has 0 bridgehead atoms. The fraction of sp³-hybridized carbons (Fsp3) is 0.467. The number of halogens is 1. The predicted octanol–water partition coefficient (Wildman–Crippen LogP) is 1.85. The third-order valence-corrected chi connectivity index (χ3v) is 4.06. The molecule has 2 aromatic rings. The minimum absolute atomic E-state index is 0. The van der Waals surface area contributed by atoms with E-state index in [4.69, 9.17) is 5.73 Å². The number of carbonyl (C=O) groups is 1. The first-order valence-corrected chi connectivity index (χ1v) is 7.60. The Morgan fingerprint density at radius 2 is 2.26 bits per heavy atom. The van der Waals surface area contributed by atoms with Gasteiger partial charge in [-0.3, -0.25) is 4.79 Å². The number of aryl methyl sites for hydroxylation is 1. The standard InChI is InChI=1S/C15H20N6O.ClH/c1-2-21-14(18-19-20-21)10-4-3-5-13(9-10)17-15(22)11-6-7-12(16)8-11;/h3-5,9,11-12H,2,6-8,16H2,1H3,(H,17,22);1H. The maximum Gasteiger partial charge on any atom is 0.227 e. The molecule has 1 aliphatic rings. The van der Waals surface area contributed by atoms with Crippen molar-refractivity contribution in [3.8, 4) is 11.4 Å². The van der Waals surface area contributed by atoms with Crippen molar-refractivity contribution in [3.63, 3.8) is 0 Å². The molecule has 0 radical (unpaired) electrons. The van der Waals surface area contributed by atoms with Gasteiger partial charge in [0.15, 0.2) is 5.82 Å². The van der Waals surface area contributed by atoms with E-state index in [1.165, 1.54) is 0 Å². The van der Waals surface area contributed by atoms with Crippen molar-refractivity contribution in [2.24, 2.45) is 11.7 Å². The van der Waals surface area contributed by atoms with Gasteiger partial charge in [0.25, 0.3) is 0 Å². The summed E-state index contributed by atoms with van der Waals surface area (Å²) in [5.41, 5.74) is 7.51. The normalized spacial score (nSPS) is 20.1. The minimum atomic E-state index is 0. The molecule has 3 N–H and O–H groups in total. The zero-order chi connectivity index (χ0) is 15.5. The Morgan fingerprint density at radius 3 is 2.96 bits per heavy atom. The largest absolute Gasteiger partial charge is 0.328 e. The number of rotatable bonds is 4. The Kier molecular flexibility index (Phi) is 5.68. The van der Waals surface area contributed by atoms with E-state index in [1.54, 1.807) is 4.68 Å². The Balaban J connectivity index is 0.00000192. The van der Waals surface area contributed by atoms with Gasteiger partial charge in [0, 0.05) is 29.8 Å². The van der Waals surface area contributed by atoms with E-state index in [1.807, 2.05) is 31.2 Å². The topological polar surface area (TPSA) is 98.7 Å². The first-order valence-electron chi connectivity index (χ1n) is 7.60. The predicted molar refractivity (Wildman–Crippen MR) is 90.1 cm³/mol. The minimum Gasteiger partial charge on any atom is -0.328 e. The van der Waals surface area contributed by atoms with Crippen LogP contribution in [0.25, 0.3) is 11.4 Å². The molecule has 23 heavy (non-hydrogen) atoms. The highest BCUT2D eigenvalue weighted by Crippen LogP contribution is 2.26. The number of nitrogens with one attached hydrogen (secondary N) is 1. The summed E-state index contributed by atoms with van der Waals surface area (Å²) in [4.78, 5) is 12.3. The molecule has 1 amide bonds. The highest BCUT2D eigenvalue weighted by molar-refractivity contribution is 5.93. The molecular weight excluding hydrogens is 316 g/mol. The van der Waals surface area contributed by atoms with Crippen molar-refractivity contribution in [3.05, 3.63) is 24.3 Å². The smallest absolute Gasteiger partial charge is 0.227 e. The number of hydrogen-bond donors (Lipinski definition) is 2. The van der Waals surface area contributed by atoms with E-state index >= 15 is 0 Å². The first-order chi connectivity index (χ1) is 10.7. The number of carbonyl (C=O) groups excluding carboxylic acids is 1. The maximum atomic E-state index is 12.3. The van der Waals surface area contributed by atoms with Gasteiger partial charge in [-0.25, -0.2) is 4.68 Å². The molecule has 1 saturated carbocycles. The quantitative estimate of drug-likeness (QED) is 0.887. The summed E-state index contributed by atoms with van der Waals surface area (Å²) >= 11 is 0. The van der Waals surface area contributed by atoms with Crippen molar-refractivity contribution >= 4 is 24.0 Å². The third kappa shape index (κ3) is 3.86. The highest BCUT2D eigenvalue weighted by Gasteiger charge is 2.27. The average molecular weight is 337 g/mol. The summed E-state index contributed by atoms with van der Waals surface area (Å²) in [6.45, 7) is 2.67. The number of nitrogens with two attached hydrogens (primary N) is 1. The molecule has 1 heterocycles. The SMILES string of the molecule is CCn1nnnc1-c1cccc(NC(=O)C2CCC(N)C2)c1.Cl. The van der Waals surface area contributed by atoms with Crippen LogP contribution in [-0.2, 0) is 11.3 Å². The molecule has 0 spiro atoms. The molecule has 1 aromatic heterocycles. The van der Waals surface area contributed by atoms with Gasteiger partial charge in [-0.2, -0.15) is 0 Å². The van der Waals surface area contributed by atoms with Crippen LogP contribution in [0.5, 0.6) is 0 Å². The second kappa shape index (κ2) is 7.52. The third-order valence-electron chi connectivity index (χ3n) is 4.06. The highest BCUT2D eigenvalue weighted by atomic mass is 35.5. The van der Waals surface area contributed by atoms with Crippen LogP contribution in [0.4, 0.5) is 5.69 Å². The summed E-state index contributed by atoms with van der Waals surface area (Å²) in [5.74, 6) is 0.751. The van der Waals surface area contributed by atoms with E-state index in [9.17, 15) is 4.79 Å². The Bertz CT molecular complexity index is 673. The summed E-state index contributed by atoms with van der Waals surface area (Å²) < 4.78 is 1.72. The second-order valence-electron chi connectivity index (χ2n) is 5.66. The van der Waals surface area contributed by atoms with Gasteiger partial charge in [-0.15, -0.1) is 17.5 Å². The fourth-order valence-electron chi connectivity index (χ4n) is 2.86. The summed E-state index contributed by atoms with van der Waals surface area (Å²) in [6, 6.07) is 7.73. The Morgan fingerprint density at radius 1 is 1.43 bits per heavy atom. The molecule has 0 saturated heterocycles. The lowest BCUT2D eigenvalue weighted by Gasteiger charge is -2.11. The van der Waals surface area contributed by atoms with Gasteiger partial charge in [-0.1, -0.05) is 12.1 Å². The van der Waals surface area contributed by atoms with Crippen LogP contribution in [-0.4, -0.2) is 32.2 Å². The van der Waals surface area contributed by atoms with Crippen LogP contribution in [0.1, 0.15) is 26.2 Å². The monoisotopic (exact) mass is 336 g/mol. The van der Waals surface area contributed by atoms with Crippen LogP contribution in [0.2, 0.25) is 0 Å². The van der Waals surface area contributed by atoms with Gasteiger partial charge >= 0.3 is 0 Å². The molecule has 1 aliphatic carbocycles. The number of nitrogens with zero attached hydrogens (tertiary/aromatic N) is 4.